The number of benzene rings is 2. The van der Waals surface area contributed by atoms with Crippen molar-refractivity contribution in [1.29, 1.82) is 0 Å². The average Bonchev–Trinajstić information content (AvgIpc) is 2.81. The molecule has 0 aliphatic heterocycles. The van der Waals surface area contributed by atoms with Crippen LogP contribution in [0.1, 0.15) is 48.6 Å². The molecule has 0 unspecified atom stereocenters. The van der Waals surface area contributed by atoms with Gasteiger partial charge < -0.3 is 0 Å². The van der Waals surface area contributed by atoms with E-state index in [4.69, 9.17) is 0 Å². The Morgan fingerprint density at radius 1 is 0.864 bits per heavy atom. The Morgan fingerprint density at radius 3 is 2.09 bits per heavy atom. The second-order valence-electron chi connectivity index (χ2n) is 7.80. The minimum atomic E-state index is 0.243. The molecule has 0 radical (unpaired) electrons. The van der Waals surface area contributed by atoms with Gasteiger partial charge in [-0.2, -0.15) is 0 Å². The van der Waals surface area contributed by atoms with Gasteiger partial charge >= 0.3 is 0 Å². The van der Waals surface area contributed by atoms with Crippen molar-refractivity contribution in [2.75, 3.05) is 0 Å². The molecule has 0 N–H and O–H groups in total. The molecule has 1 aliphatic rings. The summed E-state index contributed by atoms with van der Waals surface area (Å²) in [6.07, 6.45) is 3.53. The molecule has 0 saturated heterocycles. The first kappa shape index (κ1) is 15.1. The van der Waals surface area contributed by atoms with Gasteiger partial charge in [0, 0.05) is 0 Å². The lowest BCUT2D eigenvalue weighted by molar-refractivity contribution is 0.498. The topological polar surface area (TPSA) is 0 Å². The van der Waals surface area contributed by atoms with Crippen molar-refractivity contribution in [1.82, 2.24) is 0 Å². The van der Waals surface area contributed by atoms with Crippen molar-refractivity contribution < 1.29 is 0 Å². The summed E-state index contributed by atoms with van der Waals surface area (Å²) < 4.78 is 0. The quantitative estimate of drug-likeness (QED) is 0.581. The molecule has 0 saturated carbocycles. The van der Waals surface area contributed by atoms with Crippen LogP contribution in [0.5, 0.6) is 0 Å². The minimum Gasteiger partial charge on any atom is -0.0598 e. The highest BCUT2D eigenvalue weighted by Crippen LogP contribution is 2.41. The van der Waals surface area contributed by atoms with E-state index < -0.39 is 0 Å². The molecule has 114 valence electrons. The second-order valence-corrected chi connectivity index (χ2v) is 7.80. The van der Waals surface area contributed by atoms with Crippen LogP contribution in [-0.4, -0.2) is 0 Å². The Morgan fingerprint density at radius 2 is 1.50 bits per heavy atom. The van der Waals surface area contributed by atoms with Crippen LogP contribution >= 0.6 is 0 Å². The molecule has 0 bridgehead atoms. The Balaban J connectivity index is 2.22. The van der Waals surface area contributed by atoms with Crippen LogP contribution in [0.15, 0.2) is 35.9 Å². The van der Waals surface area contributed by atoms with Crippen LogP contribution in [0, 0.1) is 26.2 Å². The predicted octanol–water partition coefficient (Wildman–Crippen LogP) is 6.26. The third kappa shape index (κ3) is 2.63. The van der Waals surface area contributed by atoms with E-state index >= 15 is 0 Å². The maximum atomic E-state index is 2.44. The fraction of sp³-hybridized carbons (Fsp3) is 0.364. The molecule has 0 spiro atoms. The van der Waals surface area contributed by atoms with Gasteiger partial charge in [-0.3, -0.25) is 0 Å². The van der Waals surface area contributed by atoms with Crippen molar-refractivity contribution in [3.63, 3.8) is 0 Å². The standard InChI is InChI=1S/C22H26/c1-14-9-15(2)11-18(10-14)21-16(3)7-8-17-12-19(13-20(17)21)22(4,5)6/h7-11,13H,12H2,1-6H3. The van der Waals surface area contributed by atoms with Crippen molar-refractivity contribution in [2.24, 2.45) is 5.41 Å². The molecule has 2 aromatic carbocycles. The first-order valence-electron chi connectivity index (χ1n) is 8.18. The molecule has 0 nitrogen and oxygen atoms in total. The van der Waals surface area contributed by atoms with Gasteiger partial charge in [0.2, 0.25) is 0 Å². The number of fused-ring (bicyclic) bond motifs is 1. The largest absolute Gasteiger partial charge is 0.0598 e. The predicted molar refractivity (Wildman–Crippen MR) is 97.2 cm³/mol. The lowest BCUT2D eigenvalue weighted by Crippen LogP contribution is -2.08. The van der Waals surface area contributed by atoms with E-state index in [0.717, 1.165) is 6.42 Å². The summed E-state index contributed by atoms with van der Waals surface area (Å²) >= 11 is 0. The number of aryl methyl sites for hydroxylation is 3. The lowest BCUT2D eigenvalue weighted by atomic mass is 9.85. The summed E-state index contributed by atoms with van der Waals surface area (Å²) in [4.78, 5) is 0. The normalized spacial score (nSPS) is 14.0. The molecule has 0 aromatic heterocycles. The second kappa shape index (κ2) is 5.12. The van der Waals surface area contributed by atoms with E-state index in [1.54, 1.807) is 5.57 Å². The van der Waals surface area contributed by atoms with Crippen LogP contribution in [0.3, 0.4) is 0 Å². The van der Waals surface area contributed by atoms with Gasteiger partial charge in [-0.15, -0.1) is 0 Å². The maximum absolute atomic E-state index is 2.44. The molecule has 0 atom stereocenters. The summed E-state index contributed by atoms with van der Waals surface area (Å²) in [5.41, 5.74) is 11.5. The van der Waals surface area contributed by atoms with Crippen molar-refractivity contribution >= 4 is 6.08 Å². The Labute approximate surface area is 134 Å². The van der Waals surface area contributed by atoms with Gasteiger partial charge in [0.15, 0.2) is 0 Å². The summed E-state index contributed by atoms with van der Waals surface area (Å²) in [5, 5.41) is 0. The molecular formula is C22H26. The molecule has 22 heavy (non-hydrogen) atoms. The van der Waals surface area contributed by atoms with Crippen LogP contribution < -0.4 is 0 Å². The Hall–Kier alpha value is -1.82. The van der Waals surface area contributed by atoms with Crippen LogP contribution in [0.2, 0.25) is 0 Å². The number of hydrogen-bond acceptors (Lipinski definition) is 0. The zero-order valence-electron chi connectivity index (χ0n) is 14.7. The van der Waals surface area contributed by atoms with E-state index in [9.17, 15) is 0 Å². The van der Waals surface area contributed by atoms with E-state index in [1.807, 2.05) is 0 Å². The van der Waals surface area contributed by atoms with Crippen molar-refractivity contribution in [2.45, 2.75) is 48.0 Å². The fourth-order valence-corrected chi connectivity index (χ4v) is 3.51. The summed E-state index contributed by atoms with van der Waals surface area (Å²) in [7, 11) is 0. The van der Waals surface area contributed by atoms with Crippen molar-refractivity contribution in [3.8, 4) is 11.1 Å². The monoisotopic (exact) mass is 290 g/mol. The zero-order chi connectivity index (χ0) is 16.1. The minimum absolute atomic E-state index is 0.243. The highest BCUT2D eigenvalue weighted by Gasteiger charge is 2.25. The van der Waals surface area contributed by atoms with Crippen molar-refractivity contribution in [3.05, 3.63) is 63.7 Å². The highest BCUT2D eigenvalue weighted by molar-refractivity contribution is 5.83. The molecular weight excluding hydrogens is 264 g/mol. The average molecular weight is 290 g/mol. The van der Waals surface area contributed by atoms with Gasteiger partial charge in [-0.1, -0.05) is 73.9 Å². The Bertz CT molecular complexity index is 747. The maximum Gasteiger partial charge on any atom is -0.00523 e. The van der Waals surface area contributed by atoms with Crippen LogP contribution in [-0.2, 0) is 6.42 Å². The van der Waals surface area contributed by atoms with Gasteiger partial charge in [0.25, 0.3) is 0 Å². The number of hydrogen-bond donors (Lipinski definition) is 0. The zero-order valence-corrected chi connectivity index (χ0v) is 14.7. The number of rotatable bonds is 1. The Kier molecular flexibility index (Phi) is 3.51. The van der Waals surface area contributed by atoms with E-state index in [1.165, 1.54) is 38.9 Å². The van der Waals surface area contributed by atoms with Crippen LogP contribution in [0.4, 0.5) is 0 Å². The van der Waals surface area contributed by atoms with E-state index in [0.29, 0.717) is 0 Å². The van der Waals surface area contributed by atoms with E-state index in [-0.39, 0.29) is 5.41 Å². The molecule has 0 amide bonds. The highest BCUT2D eigenvalue weighted by atomic mass is 14.3. The fourth-order valence-electron chi connectivity index (χ4n) is 3.51. The van der Waals surface area contributed by atoms with E-state index in [2.05, 4.69) is 78.0 Å². The number of allylic oxidation sites excluding steroid dienone is 1. The van der Waals surface area contributed by atoms with Crippen LogP contribution in [0.25, 0.3) is 17.2 Å². The third-order valence-corrected chi connectivity index (χ3v) is 4.72. The van der Waals surface area contributed by atoms with Gasteiger partial charge in [-0.05, 0) is 60.4 Å². The molecule has 0 heterocycles. The molecule has 1 aliphatic carbocycles. The molecule has 0 fully saturated rings. The lowest BCUT2D eigenvalue weighted by Gasteiger charge is -2.19. The SMILES string of the molecule is Cc1cc(C)cc(-c2c(C)ccc3c2C=C(C(C)(C)C)C3)c1. The van der Waals surface area contributed by atoms with Gasteiger partial charge in [-0.25, -0.2) is 0 Å². The van der Waals surface area contributed by atoms with Gasteiger partial charge in [0.05, 0.1) is 0 Å². The summed E-state index contributed by atoms with van der Waals surface area (Å²) in [5.74, 6) is 0. The van der Waals surface area contributed by atoms with Gasteiger partial charge in [0.1, 0.15) is 0 Å². The third-order valence-electron chi connectivity index (χ3n) is 4.72. The molecule has 2 aromatic rings. The first-order valence-corrected chi connectivity index (χ1v) is 8.18. The molecule has 0 heteroatoms. The smallest absolute Gasteiger partial charge is 0.00523 e. The summed E-state index contributed by atoms with van der Waals surface area (Å²) in [6.45, 7) is 13.5. The summed E-state index contributed by atoms with van der Waals surface area (Å²) in [6, 6.07) is 11.5. The first-order chi connectivity index (χ1) is 10.3. The molecule has 3 rings (SSSR count).